The van der Waals surface area contributed by atoms with E-state index < -0.39 is 0 Å². The normalized spacial score (nSPS) is 16.3. The molecule has 0 aliphatic heterocycles. The van der Waals surface area contributed by atoms with Crippen LogP contribution in [-0.2, 0) is 0 Å². The van der Waals surface area contributed by atoms with Crippen molar-refractivity contribution in [3.63, 3.8) is 0 Å². The van der Waals surface area contributed by atoms with Crippen molar-refractivity contribution in [2.24, 2.45) is 5.92 Å². The van der Waals surface area contributed by atoms with Gasteiger partial charge < -0.3 is 10.5 Å². The summed E-state index contributed by atoms with van der Waals surface area (Å²) in [5.41, 5.74) is 7.07. The van der Waals surface area contributed by atoms with Crippen molar-refractivity contribution >= 4 is 11.5 Å². The first kappa shape index (κ1) is 13.9. The molecule has 0 aromatic heterocycles. The number of hydrogen-bond donors (Lipinski definition) is 1. The molecule has 2 N–H and O–H groups in total. The first-order chi connectivity index (χ1) is 9.20. The highest BCUT2D eigenvalue weighted by molar-refractivity contribution is 5.97. The summed E-state index contributed by atoms with van der Waals surface area (Å²) in [6.45, 7) is 0. The van der Waals surface area contributed by atoms with E-state index in [2.05, 4.69) is 0 Å². The van der Waals surface area contributed by atoms with Crippen LogP contribution in [0.4, 0.5) is 5.69 Å². The van der Waals surface area contributed by atoms with Crippen molar-refractivity contribution in [1.29, 1.82) is 0 Å². The van der Waals surface area contributed by atoms with Crippen LogP contribution in [0.25, 0.3) is 0 Å². The Hall–Kier alpha value is -1.51. The minimum Gasteiger partial charge on any atom is -0.495 e. The number of nitrogens with two attached hydrogens (primary N) is 1. The molecule has 1 aliphatic rings. The minimum absolute atomic E-state index is 0.194. The third-order valence-electron chi connectivity index (χ3n) is 4.06. The number of carbonyl (C=O) groups is 1. The summed E-state index contributed by atoms with van der Waals surface area (Å²) in [6, 6.07) is 5.30. The fraction of sp³-hybridized carbons (Fsp3) is 0.562. The van der Waals surface area contributed by atoms with Gasteiger partial charge in [0.05, 0.1) is 12.8 Å². The molecule has 1 aromatic carbocycles. The van der Waals surface area contributed by atoms with Crippen molar-refractivity contribution in [3.8, 4) is 5.75 Å². The van der Waals surface area contributed by atoms with Crippen LogP contribution in [0.3, 0.4) is 0 Å². The zero-order valence-electron chi connectivity index (χ0n) is 11.7. The molecule has 1 aliphatic carbocycles. The van der Waals surface area contributed by atoms with Gasteiger partial charge in [0.15, 0.2) is 5.78 Å². The molecule has 0 unspecified atom stereocenters. The Balaban J connectivity index is 1.90. The van der Waals surface area contributed by atoms with Gasteiger partial charge in [-0.25, -0.2) is 0 Å². The minimum atomic E-state index is 0.194. The molecule has 104 valence electrons. The lowest BCUT2D eigenvalue weighted by molar-refractivity contribution is 0.0970. The molecule has 1 fully saturated rings. The van der Waals surface area contributed by atoms with Crippen LogP contribution in [0, 0.1) is 5.92 Å². The Morgan fingerprint density at radius 3 is 2.68 bits per heavy atom. The van der Waals surface area contributed by atoms with Crippen molar-refractivity contribution in [1.82, 2.24) is 0 Å². The Labute approximate surface area is 115 Å². The number of ether oxygens (including phenoxy) is 1. The molecular weight excluding hydrogens is 238 g/mol. The third kappa shape index (κ3) is 3.72. The van der Waals surface area contributed by atoms with E-state index in [1.165, 1.54) is 32.1 Å². The summed E-state index contributed by atoms with van der Waals surface area (Å²) < 4.78 is 5.10. The second-order valence-electron chi connectivity index (χ2n) is 5.42. The number of methoxy groups -OCH3 is 1. The number of benzene rings is 1. The third-order valence-corrected chi connectivity index (χ3v) is 4.06. The fourth-order valence-corrected chi connectivity index (χ4v) is 2.86. The zero-order valence-corrected chi connectivity index (χ0v) is 11.7. The molecular formula is C16H23NO2. The summed E-state index contributed by atoms with van der Waals surface area (Å²) in [4.78, 5) is 12.1. The van der Waals surface area contributed by atoms with Gasteiger partial charge in [-0.15, -0.1) is 0 Å². The topological polar surface area (TPSA) is 52.3 Å². The molecule has 3 nitrogen and oxygen atoms in total. The maximum Gasteiger partial charge on any atom is 0.162 e. The monoisotopic (exact) mass is 261 g/mol. The lowest BCUT2D eigenvalue weighted by Crippen LogP contribution is -2.09. The van der Waals surface area contributed by atoms with Crippen molar-refractivity contribution in [2.45, 2.75) is 44.9 Å². The predicted molar refractivity (Wildman–Crippen MR) is 77.5 cm³/mol. The average molecular weight is 261 g/mol. The van der Waals surface area contributed by atoms with Gasteiger partial charge in [-0.05, 0) is 30.5 Å². The Morgan fingerprint density at radius 1 is 1.32 bits per heavy atom. The molecule has 0 bridgehead atoms. The van der Waals surface area contributed by atoms with Gasteiger partial charge in [0.25, 0.3) is 0 Å². The van der Waals surface area contributed by atoms with Gasteiger partial charge in [0.2, 0.25) is 0 Å². The molecule has 1 aromatic rings. The van der Waals surface area contributed by atoms with E-state index in [4.69, 9.17) is 10.5 Å². The highest BCUT2D eigenvalue weighted by Crippen LogP contribution is 2.28. The summed E-state index contributed by atoms with van der Waals surface area (Å²) in [7, 11) is 1.58. The quantitative estimate of drug-likeness (QED) is 0.647. The number of Topliss-reactive ketones (excluding diaryl/α,β-unsaturated/α-hetero) is 1. The molecule has 0 radical (unpaired) electrons. The summed E-state index contributed by atoms with van der Waals surface area (Å²) >= 11 is 0. The fourth-order valence-electron chi connectivity index (χ4n) is 2.86. The highest BCUT2D eigenvalue weighted by atomic mass is 16.5. The number of hydrogen-bond acceptors (Lipinski definition) is 3. The van der Waals surface area contributed by atoms with Gasteiger partial charge in [-0.3, -0.25) is 4.79 Å². The molecule has 0 atom stereocenters. The molecule has 2 rings (SSSR count). The van der Waals surface area contributed by atoms with Crippen LogP contribution < -0.4 is 10.5 Å². The van der Waals surface area contributed by atoms with E-state index in [9.17, 15) is 4.79 Å². The largest absolute Gasteiger partial charge is 0.495 e. The maximum absolute atomic E-state index is 12.1. The SMILES string of the molecule is COc1ccc(C(=O)CCC2CCCCC2)cc1N. The predicted octanol–water partition coefficient (Wildman–Crippen LogP) is 3.82. The van der Waals surface area contributed by atoms with E-state index in [1.807, 2.05) is 0 Å². The van der Waals surface area contributed by atoms with Crippen molar-refractivity contribution < 1.29 is 9.53 Å². The van der Waals surface area contributed by atoms with Gasteiger partial charge in [0, 0.05) is 12.0 Å². The first-order valence-electron chi connectivity index (χ1n) is 7.17. The van der Waals surface area contributed by atoms with Crippen molar-refractivity contribution in [2.75, 3.05) is 12.8 Å². The molecule has 0 spiro atoms. The lowest BCUT2D eigenvalue weighted by atomic mass is 9.85. The van der Waals surface area contributed by atoms with E-state index in [0.29, 0.717) is 23.4 Å². The van der Waals surface area contributed by atoms with Crippen LogP contribution in [0.15, 0.2) is 18.2 Å². The highest BCUT2D eigenvalue weighted by Gasteiger charge is 2.16. The second-order valence-corrected chi connectivity index (χ2v) is 5.42. The van der Waals surface area contributed by atoms with Gasteiger partial charge in [-0.2, -0.15) is 0 Å². The van der Waals surface area contributed by atoms with Crippen LogP contribution in [0.5, 0.6) is 5.75 Å². The Bertz CT molecular complexity index is 436. The van der Waals surface area contributed by atoms with E-state index in [1.54, 1.807) is 25.3 Å². The molecule has 0 heterocycles. The van der Waals surface area contributed by atoms with Crippen LogP contribution in [0.2, 0.25) is 0 Å². The van der Waals surface area contributed by atoms with E-state index in [-0.39, 0.29) is 5.78 Å². The Kier molecular flexibility index (Phi) is 4.83. The Morgan fingerprint density at radius 2 is 2.05 bits per heavy atom. The first-order valence-corrected chi connectivity index (χ1v) is 7.17. The van der Waals surface area contributed by atoms with Crippen LogP contribution in [-0.4, -0.2) is 12.9 Å². The number of carbonyl (C=O) groups excluding carboxylic acids is 1. The zero-order chi connectivity index (χ0) is 13.7. The summed E-state index contributed by atoms with van der Waals surface area (Å²) in [6.07, 6.45) is 8.25. The average Bonchev–Trinajstić information content (AvgIpc) is 2.45. The van der Waals surface area contributed by atoms with Gasteiger partial charge in [0.1, 0.15) is 5.75 Å². The van der Waals surface area contributed by atoms with E-state index >= 15 is 0 Å². The summed E-state index contributed by atoms with van der Waals surface area (Å²) in [5, 5.41) is 0. The number of anilines is 1. The van der Waals surface area contributed by atoms with Gasteiger partial charge >= 0.3 is 0 Å². The van der Waals surface area contributed by atoms with Crippen LogP contribution in [0.1, 0.15) is 55.3 Å². The molecule has 1 saturated carbocycles. The van der Waals surface area contributed by atoms with Crippen LogP contribution >= 0.6 is 0 Å². The molecule has 0 amide bonds. The standard InChI is InChI=1S/C16H23NO2/c1-19-16-10-8-13(11-14(16)17)15(18)9-7-12-5-3-2-4-6-12/h8,10-12H,2-7,9,17H2,1H3. The van der Waals surface area contributed by atoms with E-state index in [0.717, 1.165) is 12.3 Å². The molecule has 19 heavy (non-hydrogen) atoms. The maximum atomic E-state index is 12.1. The smallest absolute Gasteiger partial charge is 0.162 e. The van der Waals surface area contributed by atoms with Crippen molar-refractivity contribution in [3.05, 3.63) is 23.8 Å². The summed E-state index contributed by atoms with van der Waals surface area (Å²) in [5.74, 6) is 1.57. The second kappa shape index (κ2) is 6.60. The molecule has 3 heteroatoms. The van der Waals surface area contributed by atoms with Gasteiger partial charge in [-0.1, -0.05) is 32.1 Å². The number of ketones is 1. The lowest BCUT2D eigenvalue weighted by Gasteiger charge is -2.20. The number of rotatable bonds is 5. The number of nitrogen functional groups attached to an aromatic ring is 1. The molecule has 0 saturated heterocycles.